The lowest BCUT2D eigenvalue weighted by molar-refractivity contribution is -0.122. The van der Waals surface area contributed by atoms with Crippen LogP contribution in [0, 0.1) is 0 Å². The molecule has 31 heavy (non-hydrogen) atoms. The highest BCUT2D eigenvalue weighted by molar-refractivity contribution is 8.18. The summed E-state index contributed by atoms with van der Waals surface area (Å²) in [5, 5.41) is 1.13. The third kappa shape index (κ3) is 5.63. The number of para-hydroxylation sites is 1. The fourth-order valence-electron chi connectivity index (χ4n) is 3.00. The summed E-state index contributed by atoms with van der Waals surface area (Å²) < 4.78 is 11.4. The van der Waals surface area contributed by atoms with E-state index in [9.17, 15) is 4.79 Å². The summed E-state index contributed by atoms with van der Waals surface area (Å²) in [7, 11) is 1.58. The predicted molar refractivity (Wildman–Crippen MR) is 129 cm³/mol. The van der Waals surface area contributed by atoms with Gasteiger partial charge in [0, 0.05) is 6.54 Å². The monoisotopic (exact) mass is 458 g/mol. The molecule has 1 saturated heterocycles. The molecule has 0 spiro atoms. The van der Waals surface area contributed by atoms with Crippen molar-refractivity contribution in [3.63, 3.8) is 0 Å². The molecule has 164 valence electrons. The first kappa shape index (κ1) is 23.2. The third-order valence-electron chi connectivity index (χ3n) is 4.76. The molecule has 5 nitrogen and oxygen atoms in total. The average molecular weight is 459 g/mol. The lowest BCUT2D eigenvalue weighted by atomic mass is 10.1. The van der Waals surface area contributed by atoms with Crippen LogP contribution in [-0.2, 0) is 4.79 Å². The van der Waals surface area contributed by atoms with Crippen molar-refractivity contribution in [2.75, 3.05) is 13.7 Å². The van der Waals surface area contributed by atoms with Crippen LogP contribution in [0.2, 0.25) is 5.02 Å². The van der Waals surface area contributed by atoms with Gasteiger partial charge in [-0.25, -0.2) is 4.99 Å². The summed E-state index contributed by atoms with van der Waals surface area (Å²) in [5.41, 5.74) is 1.59. The van der Waals surface area contributed by atoms with Crippen molar-refractivity contribution in [1.29, 1.82) is 0 Å². The molecule has 0 unspecified atom stereocenters. The molecule has 0 aromatic heterocycles. The molecule has 2 aromatic rings. The van der Waals surface area contributed by atoms with E-state index >= 15 is 0 Å². The predicted octanol–water partition coefficient (Wildman–Crippen LogP) is 6.54. The van der Waals surface area contributed by atoms with Crippen LogP contribution in [0.5, 0.6) is 11.5 Å². The van der Waals surface area contributed by atoms with E-state index in [1.807, 2.05) is 63.2 Å². The lowest BCUT2D eigenvalue weighted by Gasteiger charge is -2.17. The Labute approximate surface area is 193 Å². The van der Waals surface area contributed by atoms with Crippen molar-refractivity contribution in [3.05, 3.63) is 58.0 Å². The van der Waals surface area contributed by atoms with E-state index in [1.54, 1.807) is 18.1 Å². The van der Waals surface area contributed by atoms with Gasteiger partial charge in [0.1, 0.15) is 0 Å². The summed E-state index contributed by atoms with van der Waals surface area (Å²) in [6.45, 7) is 6.68. The SMILES string of the molecule is CCCN1C(=O)/C(=C/c2cc(Cl)c(O[C@@H](C)CC)c(OC)c2)SC1=Nc1ccccc1. The molecule has 1 atom stereocenters. The van der Waals surface area contributed by atoms with Gasteiger partial charge < -0.3 is 9.47 Å². The van der Waals surface area contributed by atoms with E-state index < -0.39 is 0 Å². The third-order valence-corrected chi connectivity index (χ3v) is 6.05. The number of halogens is 1. The van der Waals surface area contributed by atoms with Gasteiger partial charge in [-0.15, -0.1) is 0 Å². The van der Waals surface area contributed by atoms with E-state index in [-0.39, 0.29) is 12.0 Å². The zero-order chi connectivity index (χ0) is 22.4. The summed E-state index contributed by atoms with van der Waals surface area (Å²) in [4.78, 5) is 20.1. The minimum atomic E-state index is -0.0587. The van der Waals surface area contributed by atoms with Crippen molar-refractivity contribution >= 4 is 46.2 Å². The topological polar surface area (TPSA) is 51.1 Å². The number of carbonyl (C=O) groups is 1. The van der Waals surface area contributed by atoms with Crippen LogP contribution in [0.25, 0.3) is 6.08 Å². The van der Waals surface area contributed by atoms with Crippen LogP contribution in [-0.4, -0.2) is 35.7 Å². The van der Waals surface area contributed by atoms with Crippen molar-refractivity contribution < 1.29 is 14.3 Å². The average Bonchev–Trinajstić information content (AvgIpc) is 3.05. The summed E-state index contributed by atoms with van der Waals surface area (Å²) in [6, 6.07) is 13.3. The first-order chi connectivity index (χ1) is 15.0. The molecule has 1 aliphatic rings. The minimum Gasteiger partial charge on any atom is -0.493 e. The van der Waals surface area contributed by atoms with E-state index in [1.165, 1.54) is 11.8 Å². The van der Waals surface area contributed by atoms with Gasteiger partial charge >= 0.3 is 0 Å². The number of nitrogens with zero attached hydrogens (tertiary/aromatic N) is 2. The van der Waals surface area contributed by atoms with Gasteiger partial charge in [0.2, 0.25) is 0 Å². The molecule has 1 amide bonds. The number of amidine groups is 1. The number of ether oxygens (including phenoxy) is 2. The molecular weight excluding hydrogens is 432 g/mol. The Morgan fingerprint density at radius 3 is 2.61 bits per heavy atom. The van der Waals surface area contributed by atoms with Gasteiger partial charge in [-0.3, -0.25) is 9.69 Å². The Bertz CT molecular complexity index is 992. The fourth-order valence-corrected chi connectivity index (χ4v) is 4.29. The minimum absolute atomic E-state index is 0.0157. The van der Waals surface area contributed by atoms with E-state index in [4.69, 9.17) is 21.1 Å². The van der Waals surface area contributed by atoms with Crippen LogP contribution in [0.3, 0.4) is 0 Å². The molecule has 0 N–H and O–H groups in total. The molecule has 0 bridgehead atoms. The van der Waals surface area contributed by atoms with Crippen LogP contribution in [0.4, 0.5) is 5.69 Å². The maximum Gasteiger partial charge on any atom is 0.266 e. The number of amides is 1. The summed E-state index contributed by atoms with van der Waals surface area (Å²) >= 11 is 7.86. The van der Waals surface area contributed by atoms with Gasteiger partial charge in [0.05, 0.1) is 28.8 Å². The van der Waals surface area contributed by atoms with E-state index in [0.29, 0.717) is 33.1 Å². The van der Waals surface area contributed by atoms with Crippen molar-refractivity contribution in [1.82, 2.24) is 4.90 Å². The zero-order valence-electron chi connectivity index (χ0n) is 18.2. The first-order valence-corrected chi connectivity index (χ1v) is 11.6. The first-order valence-electron chi connectivity index (χ1n) is 10.4. The fraction of sp³-hybridized carbons (Fsp3) is 0.333. The van der Waals surface area contributed by atoms with Gasteiger partial charge in [-0.2, -0.15) is 0 Å². The number of hydrogen-bond donors (Lipinski definition) is 0. The Morgan fingerprint density at radius 2 is 1.97 bits per heavy atom. The number of thioether (sulfide) groups is 1. The molecule has 1 heterocycles. The Hall–Kier alpha value is -2.44. The lowest BCUT2D eigenvalue weighted by Crippen LogP contribution is -2.29. The maximum absolute atomic E-state index is 13.1. The molecule has 3 rings (SSSR count). The summed E-state index contributed by atoms with van der Waals surface area (Å²) in [5.74, 6) is 1.00. The molecule has 1 fully saturated rings. The highest BCUT2D eigenvalue weighted by Gasteiger charge is 2.33. The number of benzene rings is 2. The van der Waals surface area contributed by atoms with Crippen molar-refractivity contribution in [2.45, 2.75) is 39.7 Å². The molecule has 1 aliphatic heterocycles. The molecule has 7 heteroatoms. The van der Waals surface area contributed by atoms with Crippen molar-refractivity contribution in [2.24, 2.45) is 4.99 Å². The van der Waals surface area contributed by atoms with Crippen LogP contribution in [0.15, 0.2) is 52.4 Å². The quantitative estimate of drug-likeness (QED) is 0.421. The summed E-state index contributed by atoms with van der Waals surface area (Å²) in [6.07, 6.45) is 3.54. The highest BCUT2D eigenvalue weighted by atomic mass is 35.5. The van der Waals surface area contributed by atoms with Crippen LogP contribution >= 0.6 is 23.4 Å². The normalized spacial score (nSPS) is 17.5. The van der Waals surface area contributed by atoms with Gasteiger partial charge in [0.15, 0.2) is 16.7 Å². The van der Waals surface area contributed by atoms with Crippen molar-refractivity contribution in [3.8, 4) is 11.5 Å². The smallest absolute Gasteiger partial charge is 0.266 e. The van der Waals surface area contributed by atoms with Crippen LogP contribution < -0.4 is 9.47 Å². The largest absolute Gasteiger partial charge is 0.493 e. The van der Waals surface area contributed by atoms with Crippen LogP contribution in [0.1, 0.15) is 39.2 Å². The number of methoxy groups -OCH3 is 1. The van der Waals surface area contributed by atoms with E-state index in [0.717, 1.165) is 24.1 Å². The standard InChI is InChI=1S/C24H27ClN2O3S/c1-5-12-27-23(28)21(31-24(27)26-18-10-8-7-9-11-18)15-17-13-19(25)22(20(14-17)29-4)30-16(3)6-2/h7-11,13-16H,5-6,12H2,1-4H3/b21-15-,26-24?/t16-/m0/s1. The number of hydrogen-bond acceptors (Lipinski definition) is 5. The number of carbonyl (C=O) groups excluding carboxylic acids is 1. The Balaban J connectivity index is 1.94. The molecule has 0 radical (unpaired) electrons. The number of aliphatic imine (C=N–C) groups is 1. The van der Waals surface area contributed by atoms with Gasteiger partial charge in [0.25, 0.3) is 5.91 Å². The highest BCUT2D eigenvalue weighted by Crippen LogP contribution is 2.40. The molecule has 0 aliphatic carbocycles. The van der Waals surface area contributed by atoms with Gasteiger partial charge in [-0.05, 0) is 67.4 Å². The molecule has 0 saturated carbocycles. The Kier molecular flexibility index (Phi) is 8.04. The second-order valence-electron chi connectivity index (χ2n) is 7.17. The molecule has 2 aromatic carbocycles. The maximum atomic E-state index is 13.1. The van der Waals surface area contributed by atoms with E-state index in [2.05, 4.69) is 4.99 Å². The zero-order valence-corrected chi connectivity index (χ0v) is 19.8. The second-order valence-corrected chi connectivity index (χ2v) is 8.58. The second kappa shape index (κ2) is 10.7. The Morgan fingerprint density at radius 1 is 1.23 bits per heavy atom. The number of rotatable bonds is 8. The van der Waals surface area contributed by atoms with Gasteiger partial charge in [-0.1, -0.05) is 43.6 Å². The molecular formula is C24H27ClN2O3S.